The zero-order valence-electron chi connectivity index (χ0n) is 16.0. The zero-order chi connectivity index (χ0) is 19.9. The number of aromatic nitrogens is 4. The molecule has 0 radical (unpaired) electrons. The van der Waals surface area contributed by atoms with Crippen molar-refractivity contribution >= 4 is 24.9 Å². The van der Waals surface area contributed by atoms with Crippen molar-refractivity contribution in [2.24, 2.45) is 5.92 Å². The number of rotatable bonds is 6. The third kappa shape index (κ3) is 3.37. The maximum Gasteiger partial charge on any atom is 0.475 e. The zero-order valence-corrected chi connectivity index (χ0v) is 16.9. The first-order valence-electron chi connectivity index (χ1n) is 9.31. The summed E-state index contributed by atoms with van der Waals surface area (Å²) in [4.78, 5) is 12.8. The van der Waals surface area contributed by atoms with Crippen LogP contribution in [0.15, 0.2) is 6.33 Å². The molecule has 154 valence electrons. The molecule has 4 rings (SSSR count). The summed E-state index contributed by atoms with van der Waals surface area (Å²) < 4.78 is 42.4. The molecule has 5 atom stereocenters. The smallest absolute Gasteiger partial charge is 0.475 e. The van der Waals surface area contributed by atoms with Crippen LogP contribution in [-0.2, 0) is 22.9 Å². The minimum atomic E-state index is -3.58. The highest BCUT2D eigenvalue weighted by Crippen LogP contribution is 2.58. The first kappa shape index (κ1) is 19.5. The molecule has 0 spiro atoms. The van der Waals surface area contributed by atoms with Crippen molar-refractivity contribution in [1.82, 2.24) is 19.5 Å². The first-order valence-corrected chi connectivity index (χ1v) is 10.8. The maximum absolute atomic E-state index is 12.7. The number of nitrogen functional groups attached to an aromatic ring is 1. The van der Waals surface area contributed by atoms with Crippen molar-refractivity contribution in [3.63, 3.8) is 0 Å². The highest BCUT2D eigenvalue weighted by Gasteiger charge is 2.52. The van der Waals surface area contributed by atoms with E-state index in [1.807, 2.05) is 20.8 Å². The molecule has 2 aliphatic heterocycles. The Balaban J connectivity index is 1.62. The van der Waals surface area contributed by atoms with Crippen LogP contribution >= 0.6 is 7.82 Å². The molecule has 5 unspecified atom stereocenters. The molecular weight excluding hydrogens is 389 g/mol. The van der Waals surface area contributed by atoms with Crippen molar-refractivity contribution in [2.45, 2.75) is 45.6 Å². The summed E-state index contributed by atoms with van der Waals surface area (Å²) in [6.07, 6.45) is 1.04. The van der Waals surface area contributed by atoms with Crippen LogP contribution in [0.3, 0.4) is 0 Å². The molecule has 0 aromatic carbocycles. The number of ether oxygens (including phenoxy) is 2. The number of phosphoric ester groups is 1. The number of nitrogens with zero attached hydrogens (tertiary/aromatic N) is 4. The maximum atomic E-state index is 12.7. The van der Waals surface area contributed by atoms with Crippen molar-refractivity contribution in [1.29, 1.82) is 0 Å². The van der Waals surface area contributed by atoms with Gasteiger partial charge in [0.1, 0.15) is 18.4 Å². The van der Waals surface area contributed by atoms with Gasteiger partial charge in [0.15, 0.2) is 11.2 Å². The summed E-state index contributed by atoms with van der Waals surface area (Å²) in [5.41, 5.74) is 6.83. The van der Waals surface area contributed by atoms with Gasteiger partial charge in [-0.25, -0.2) is 9.55 Å². The van der Waals surface area contributed by atoms with Crippen LogP contribution < -0.4 is 10.5 Å². The number of nitrogens with two attached hydrogens (primary N) is 1. The quantitative estimate of drug-likeness (QED) is 0.703. The number of fused-ring (bicyclic) bond motifs is 2. The number of phosphoric acid groups is 1. The molecule has 2 aromatic heterocycles. The Kier molecular flexibility index (Phi) is 5.28. The highest BCUT2D eigenvalue weighted by molar-refractivity contribution is 7.48. The van der Waals surface area contributed by atoms with Crippen molar-refractivity contribution in [3.05, 3.63) is 6.33 Å². The molecule has 2 saturated heterocycles. The molecule has 0 bridgehead atoms. The SMILES string of the molecule is CCCOP1(=O)OCC2OC(n3cnc4c(OCC)nc(N)nc43)C(C)C2O1. The summed E-state index contributed by atoms with van der Waals surface area (Å²) in [5, 5.41) is 0. The summed E-state index contributed by atoms with van der Waals surface area (Å²) in [6.45, 7) is 6.58. The predicted molar refractivity (Wildman–Crippen MR) is 98.7 cm³/mol. The molecule has 12 heteroatoms. The lowest BCUT2D eigenvalue weighted by molar-refractivity contribution is -0.0705. The highest BCUT2D eigenvalue weighted by atomic mass is 31.2. The van der Waals surface area contributed by atoms with Gasteiger partial charge in [-0.1, -0.05) is 13.8 Å². The standard InChI is InChI=1S/C16H24N5O6P/c1-4-6-24-28(22)25-7-10-12(27-28)9(3)15(26-10)21-8-18-11-13(21)19-16(17)20-14(11)23-5-2/h8-10,12,15H,4-7H2,1-3H3,(H2,17,19,20). The Morgan fingerprint density at radius 1 is 1.39 bits per heavy atom. The van der Waals surface area contributed by atoms with Gasteiger partial charge in [-0.05, 0) is 13.3 Å². The molecule has 2 aromatic rings. The van der Waals surface area contributed by atoms with Gasteiger partial charge >= 0.3 is 7.82 Å². The molecular formula is C16H24N5O6P. The largest absolute Gasteiger partial charge is 0.476 e. The van der Waals surface area contributed by atoms with E-state index in [0.717, 1.165) is 0 Å². The average Bonchev–Trinajstić information content (AvgIpc) is 3.22. The van der Waals surface area contributed by atoms with Crippen LogP contribution in [0.1, 0.15) is 33.4 Å². The Hall–Kier alpha value is -1.78. The minimum Gasteiger partial charge on any atom is -0.476 e. The number of anilines is 1. The fourth-order valence-electron chi connectivity index (χ4n) is 3.44. The van der Waals surface area contributed by atoms with Crippen LogP contribution in [0.4, 0.5) is 5.95 Å². The van der Waals surface area contributed by atoms with E-state index in [9.17, 15) is 4.57 Å². The molecule has 0 saturated carbocycles. The number of imidazole rings is 1. The number of hydrogen-bond donors (Lipinski definition) is 1. The summed E-state index contributed by atoms with van der Waals surface area (Å²) in [6, 6.07) is 0. The minimum absolute atomic E-state index is 0.0813. The topological polar surface area (TPSA) is 133 Å². The van der Waals surface area contributed by atoms with Crippen LogP contribution in [0.2, 0.25) is 0 Å². The van der Waals surface area contributed by atoms with Crippen LogP contribution in [0.25, 0.3) is 11.2 Å². The second-order valence-corrected chi connectivity index (χ2v) is 8.34. The third-order valence-electron chi connectivity index (χ3n) is 4.71. The van der Waals surface area contributed by atoms with Gasteiger partial charge in [0, 0.05) is 5.92 Å². The second-order valence-electron chi connectivity index (χ2n) is 6.71. The van der Waals surface area contributed by atoms with E-state index in [-0.39, 0.29) is 24.6 Å². The fraction of sp³-hybridized carbons (Fsp3) is 0.688. The summed E-state index contributed by atoms with van der Waals surface area (Å²) in [5.74, 6) is 0.248. The predicted octanol–water partition coefficient (Wildman–Crippen LogP) is 2.29. The molecule has 28 heavy (non-hydrogen) atoms. The molecule has 2 fully saturated rings. The normalized spacial score (nSPS) is 32.5. The Bertz CT molecular complexity index is 907. The lowest BCUT2D eigenvalue weighted by Crippen LogP contribution is -2.36. The van der Waals surface area contributed by atoms with E-state index in [2.05, 4.69) is 15.0 Å². The van der Waals surface area contributed by atoms with Crippen LogP contribution in [0.5, 0.6) is 5.88 Å². The van der Waals surface area contributed by atoms with Gasteiger partial charge in [-0.3, -0.25) is 18.1 Å². The first-order chi connectivity index (χ1) is 13.5. The monoisotopic (exact) mass is 413 g/mol. The van der Waals surface area contributed by atoms with Gasteiger partial charge in [0.2, 0.25) is 11.8 Å². The summed E-state index contributed by atoms with van der Waals surface area (Å²) >= 11 is 0. The van der Waals surface area contributed by atoms with Gasteiger partial charge in [-0.15, -0.1) is 0 Å². The van der Waals surface area contributed by atoms with E-state index >= 15 is 0 Å². The lowest BCUT2D eigenvalue weighted by atomic mass is 10.0. The molecule has 0 aliphatic carbocycles. The molecule has 2 aliphatic rings. The Labute approximate surface area is 162 Å². The molecule has 4 heterocycles. The Morgan fingerprint density at radius 2 is 2.21 bits per heavy atom. The lowest BCUT2D eigenvalue weighted by Gasteiger charge is -2.31. The van der Waals surface area contributed by atoms with E-state index in [1.165, 1.54) is 0 Å². The van der Waals surface area contributed by atoms with Crippen LogP contribution in [-0.4, -0.2) is 51.5 Å². The Morgan fingerprint density at radius 3 is 2.96 bits per heavy atom. The van der Waals surface area contributed by atoms with Gasteiger partial charge in [0.05, 0.1) is 26.1 Å². The molecule has 2 N–H and O–H groups in total. The second kappa shape index (κ2) is 7.57. The molecule has 11 nitrogen and oxygen atoms in total. The van der Waals surface area contributed by atoms with Gasteiger partial charge in [-0.2, -0.15) is 9.97 Å². The van der Waals surface area contributed by atoms with E-state index in [1.54, 1.807) is 10.9 Å². The third-order valence-corrected chi connectivity index (χ3v) is 6.18. The van der Waals surface area contributed by atoms with Crippen molar-refractivity contribution < 1.29 is 27.6 Å². The van der Waals surface area contributed by atoms with Crippen molar-refractivity contribution in [2.75, 3.05) is 25.6 Å². The van der Waals surface area contributed by atoms with Crippen LogP contribution in [0, 0.1) is 5.92 Å². The van der Waals surface area contributed by atoms with Gasteiger partial charge < -0.3 is 15.2 Å². The van der Waals surface area contributed by atoms with E-state index < -0.39 is 20.2 Å². The van der Waals surface area contributed by atoms with E-state index in [0.29, 0.717) is 36.7 Å². The van der Waals surface area contributed by atoms with Gasteiger partial charge in [0.25, 0.3) is 0 Å². The summed E-state index contributed by atoms with van der Waals surface area (Å²) in [7, 11) is -3.58. The van der Waals surface area contributed by atoms with E-state index in [4.69, 9.17) is 28.8 Å². The van der Waals surface area contributed by atoms with Crippen molar-refractivity contribution in [3.8, 4) is 5.88 Å². The average molecular weight is 413 g/mol. The number of hydrogen-bond acceptors (Lipinski definition) is 10. The molecule has 0 amide bonds. The fourth-order valence-corrected chi connectivity index (χ4v) is 5.00.